The zero-order chi connectivity index (χ0) is 26.3. The molecule has 0 atom stereocenters. The van der Waals surface area contributed by atoms with Gasteiger partial charge in [-0.25, -0.2) is 0 Å². The van der Waals surface area contributed by atoms with Crippen LogP contribution in [0.3, 0.4) is 0 Å². The minimum atomic E-state index is -4.07. The number of allylic oxidation sites excluding steroid dienone is 8. The summed E-state index contributed by atoms with van der Waals surface area (Å²) in [5.74, 6) is 1.63. The molecule has 6 rings (SSSR count). The summed E-state index contributed by atoms with van der Waals surface area (Å²) in [7, 11) is 0. The maximum atomic E-state index is 7.13. The molecule has 0 unspecified atom stereocenters. The third-order valence-corrected chi connectivity index (χ3v) is 16.0. The van der Waals surface area contributed by atoms with Crippen molar-refractivity contribution in [2.45, 2.75) is 7.25 Å². The van der Waals surface area contributed by atoms with Crippen molar-refractivity contribution in [3.8, 4) is 11.5 Å². The normalized spacial score (nSPS) is 14.6. The molecule has 4 aromatic carbocycles. The van der Waals surface area contributed by atoms with Gasteiger partial charge in [0.15, 0.2) is 0 Å². The van der Waals surface area contributed by atoms with Gasteiger partial charge in [0.1, 0.15) is 0 Å². The standard InChI is InChI=1S/2C12H11NO.2C5H5.Zr/c2*14-12-8-4-7-11(9-12)13-10-5-2-1-3-6-10;2*1-2-4-5-3-1;/h2*1-9,13-14H;2*1-5H;/q;;;;+2/p-2. The van der Waals surface area contributed by atoms with Gasteiger partial charge < -0.3 is 0 Å². The molecular weight excluding hydrogens is 560 g/mol. The van der Waals surface area contributed by atoms with Gasteiger partial charge in [0.2, 0.25) is 0 Å². The Morgan fingerprint density at radius 2 is 0.821 bits per heavy atom. The second-order valence-corrected chi connectivity index (χ2v) is 17.4. The predicted molar refractivity (Wildman–Crippen MR) is 158 cm³/mol. The molecule has 0 fully saturated rings. The molecule has 0 bridgehead atoms. The third kappa shape index (κ3) is 6.00. The first-order chi connectivity index (χ1) is 19.3. The zero-order valence-corrected chi connectivity index (χ0v) is 23.9. The molecule has 0 spiro atoms. The van der Waals surface area contributed by atoms with Gasteiger partial charge in [-0.1, -0.05) is 0 Å². The van der Waals surface area contributed by atoms with E-state index in [-0.39, 0.29) is 7.25 Å². The monoisotopic (exact) mass is 588 g/mol. The first kappa shape index (κ1) is 25.2. The summed E-state index contributed by atoms with van der Waals surface area (Å²) in [5, 5.41) is 6.98. The summed E-state index contributed by atoms with van der Waals surface area (Å²) in [5.41, 5.74) is 4.02. The SMILES string of the molecule is C1=C[CH]([Zr]([O]c2cccc(Nc3ccccc3)c2)([O]c2cccc(Nc3ccccc3)c2)[CH]2C=CC=C2)C=C1. The molecule has 2 aliphatic carbocycles. The van der Waals surface area contributed by atoms with Crippen LogP contribution in [0.1, 0.15) is 0 Å². The minimum absolute atomic E-state index is 0.105. The van der Waals surface area contributed by atoms with Gasteiger partial charge >= 0.3 is 237 Å². The molecule has 5 heteroatoms. The molecule has 192 valence electrons. The Hall–Kier alpha value is -4.08. The van der Waals surface area contributed by atoms with Crippen molar-refractivity contribution in [3.63, 3.8) is 0 Å². The first-order valence-electron chi connectivity index (χ1n) is 13.2. The molecule has 4 aromatic rings. The van der Waals surface area contributed by atoms with E-state index in [4.69, 9.17) is 5.63 Å². The van der Waals surface area contributed by atoms with E-state index in [9.17, 15) is 0 Å². The predicted octanol–water partition coefficient (Wildman–Crippen LogP) is 9.44. The number of benzene rings is 4. The average molecular weight is 590 g/mol. The van der Waals surface area contributed by atoms with Gasteiger partial charge in [-0.05, 0) is 0 Å². The fourth-order valence-corrected chi connectivity index (χ4v) is 13.6. The van der Waals surface area contributed by atoms with Crippen molar-refractivity contribution in [3.05, 3.63) is 158 Å². The van der Waals surface area contributed by atoms with Crippen molar-refractivity contribution in [1.29, 1.82) is 0 Å². The van der Waals surface area contributed by atoms with Gasteiger partial charge in [0.25, 0.3) is 0 Å². The van der Waals surface area contributed by atoms with Crippen molar-refractivity contribution < 1.29 is 26.8 Å². The quantitative estimate of drug-likeness (QED) is 0.193. The van der Waals surface area contributed by atoms with Gasteiger partial charge in [-0.3, -0.25) is 0 Å². The summed E-state index contributed by atoms with van der Waals surface area (Å²) in [6, 6.07) is 36.7. The summed E-state index contributed by atoms with van der Waals surface area (Å²) in [6.07, 6.45) is 17.3. The Morgan fingerprint density at radius 3 is 1.23 bits per heavy atom. The van der Waals surface area contributed by atoms with E-state index >= 15 is 0 Å². The van der Waals surface area contributed by atoms with Crippen LogP contribution < -0.4 is 16.3 Å². The molecule has 2 aliphatic rings. The van der Waals surface area contributed by atoms with Crippen LogP contribution in [-0.4, -0.2) is 0 Å². The maximum absolute atomic E-state index is 7.13. The molecule has 0 amide bonds. The van der Waals surface area contributed by atoms with Crippen LogP contribution in [-0.2, 0) is 21.1 Å². The molecule has 0 radical (unpaired) electrons. The number of hydrogen-bond acceptors (Lipinski definition) is 4. The van der Waals surface area contributed by atoms with Crippen molar-refractivity contribution in [2.75, 3.05) is 10.6 Å². The topological polar surface area (TPSA) is 42.5 Å². The Kier molecular flexibility index (Phi) is 7.60. The van der Waals surface area contributed by atoms with Crippen molar-refractivity contribution in [2.24, 2.45) is 0 Å². The number of hydrogen-bond donors (Lipinski definition) is 2. The molecular formula is C34H30N2O2Zr. The average Bonchev–Trinajstić information content (AvgIpc) is 3.70. The number of nitrogens with one attached hydrogen (secondary N) is 2. The molecule has 2 N–H and O–H groups in total. The summed E-state index contributed by atoms with van der Waals surface area (Å²) in [4.78, 5) is 0. The van der Waals surface area contributed by atoms with Crippen molar-refractivity contribution >= 4 is 22.7 Å². The van der Waals surface area contributed by atoms with Crippen LogP contribution in [0.2, 0.25) is 7.25 Å². The van der Waals surface area contributed by atoms with Crippen LogP contribution >= 0.6 is 0 Å². The van der Waals surface area contributed by atoms with Crippen LogP contribution in [0.5, 0.6) is 11.5 Å². The molecule has 0 saturated carbocycles. The fraction of sp³-hybridized carbons (Fsp3) is 0.0588. The second-order valence-electron chi connectivity index (χ2n) is 9.55. The van der Waals surface area contributed by atoms with Crippen molar-refractivity contribution in [1.82, 2.24) is 0 Å². The second kappa shape index (κ2) is 11.8. The zero-order valence-electron chi connectivity index (χ0n) is 21.5. The van der Waals surface area contributed by atoms with Gasteiger partial charge in [-0.15, -0.1) is 0 Å². The van der Waals surface area contributed by atoms with E-state index in [0.29, 0.717) is 0 Å². The van der Waals surface area contributed by atoms with E-state index in [1.165, 1.54) is 0 Å². The van der Waals surface area contributed by atoms with E-state index < -0.39 is 21.1 Å². The molecule has 0 saturated heterocycles. The molecule has 39 heavy (non-hydrogen) atoms. The summed E-state index contributed by atoms with van der Waals surface area (Å²) >= 11 is -4.07. The molecule has 0 aliphatic heterocycles. The first-order valence-corrected chi connectivity index (χ1v) is 18.0. The fourth-order valence-electron chi connectivity index (χ4n) is 4.93. The Labute approximate surface area is 235 Å². The Balaban J connectivity index is 1.34. The van der Waals surface area contributed by atoms with E-state index in [1.807, 2.05) is 60.7 Å². The third-order valence-electron chi connectivity index (χ3n) is 6.77. The molecule has 0 heterocycles. The van der Waals surface area contributed by atoms with E-state index in [0.717, 1.165) is 34.2 Å². The number of rotatable bonds is 10. The Bertz CT molecular complexity index is 1390. The van der Waals surface area contributed by atoms with Gasteiger partial charge in [0, 0.05) is 0 Å². The summed E-state index contributed by atoms with van der Waals surface area (Å²) < 4.78 is 14.5. The Morgan fingerprint density at radius 1 is 0.436 bits per heavy atom. The summed E-state index contributed by atoms with van der Waals surface area (Å²) in [6.45, 7) is 0. The van der Waals surface area contributed by atoms with E-state index in [2.05, 4.69) is 108 Å². The van der Waals surface area contributed by atoms with Crippen LogP contribution in [0.4, 0.5) is 22.7 Å². The van der Waals surface area contributed by atoms with E-state index in [1.54, 1.807) is 0 Å². The van der Waals surface area contributed by atoms with Gasteiger partial charge in [0.05, 0.1) is 0 Å². The van der Waals surface area contributed by atoms with Crippen LogP contribution in [0, 0.1) is 0 Å². The number of anilines is 4. The van der Waals surface area contributed by atoms with Gasteiger partial charge in [-0.2, -0.15) is 0 Å². The van der Waals surface area contributed by atoms with Crippen LogP contribution in [0.25, 0.3) is 0 Å². The molecule has 4 nitrogen and oxygen atoms in total. The number of para-hydroxylation sites is 2. The molecule has 0 aromatic heterocycles. The van der Waals surface area contributed by atoms with Crippen LogP contribution in [0.15, 0.2) is 158 Å².